The third kappa shape index (κ3) is 4.05. The molecule has 6 heteroatoms. The lowest BCUT2D eigenvalue weighted by atomic mass is 10.1. The number of rotatable bonds is 6. The van der Waals surface area contributed by atoms with Crippen molar-refractivity contribution in [2.45, 2.75) is 6.92 Å². The fourth-order valence-corrected chi connectivity index (χ4v) is 1.93. The summed E-state index contributed by atoms with van der Waals surface area (Å²) in [5.74, 6) is -0.313. The van der Waals surface area contributed by atoms with Crippen molar-refractivity contribution in [1.29, 1.82) is 0 Å². The van der Waals surface area contributed by atoms with Crippen molar-refractivity contribution in [3.8, 4) is 5.75 Å². The molecule has 0 aliphatic carbocycles. The number of hydrogen-bond donors (Lipinski definition) is 0. The van der Waals surface area contributed by atoms with Crippen LogP contribution in [0.15, 0.2) is 42.6 Å². The molecule has 0 aliphatic heterocycles. The molecule has 0 amide bonds. The Kier molecular flexibility index (Phi) is 5.49. The molecular weight excluding hydrogens is 306 g/mol. The van der Waals surface area contributed by atoms with Gasteiger partial charge in [0.05, 0.1) is 12.2 Å². The minimum atomic E-state index is -0.683. The zero-order valence-electron chi connectivity index (χ0n) is 11.9. The standard InChI is InChI=1S/C16H14ClNO4/c1-2-21-12-7-5-11(6-8-12)14(19)10-22-16(20)13-4-3-9-18-15(13)17/h3-9H,2,10H2,1H3. The molecule has 0 radical (unpaired) electrons. The number of Topliss-reactive ketones (excluding diaryl/α,β-unsaturated/α-hetero) is 1. The average Bonchev–Trinajstić information content (AvgIpc) is 2.54. The van der Waals surface area contributed by atoms with E-state index >= 15 is 0 Å². The summed E-state index contributed by atoms with van der Waals surface area (Å²) < 4.78 is 10.3. The minimum absolute atomic E-state index is 0.0426. The lowest BCUT2D eigenvalue weighted by Gasteiger charge is -2.06. The van der Waals surface area contributed by atoms with Crippen molar-refractivity contribution in [3.05, 3.63) is 58.9 Å². The molecule has 22 heavy (non-hydrogen) atoms. The van der Waals surface area contributed by atoms with Crippen LogP contribution in [0.2, 0.25) is 5.15 Å². The number of hydrogen-bond acceptors (Lipinski definition) is 5. The fourth-order valence-electron chi connectivity index (χ4n) is 1.73. The number of pyridine rings is 1. The Bertz CT molecular complexity index is 670. The average molecular weight is 320 g/mol. The molecule has 0 bridgehead atoms. The summed E-state index contributed by atoms with van der Waals surface area (Å²) in [5, 5.41) is 0.0426. The number of ether oxygens (including phenoxy) is 2. The predicted molar refractivity (Wildman–Crippen MR) is 81.5 cm³/mol. The van der Waals surface area contributed by atoms with Crippen LogP contribution in [0.1, 0.15) is 27.6 Å². The highest BCUT2D eigenvalue weighted by atomic mass is 35.5. The molecule has 0 aliphatic rings. The largest absolute Gasteiger partial charge is 0.494 e. The van der Waals surface area contributed by atoms with Crippen LogP contribution in [0.4, 0.5) is 0 Å². The number of halogens is 1. The van der Waals surface area contributed by atoms with Gasteiger partial charge in [0.2, 0.25) is 0 Å². The van der Waals surface area contributed by atoms with Gasteiger partial charge >= 0.3 is 5.97 Å². The van der Waals surface area contributed by atoms with Crippen LogP contribution >= 0.6 is 11.6 Å². The van der Waals surface area contributed by atoms with Crippen LogP contribution in [-0.2, 0) is 4.74 Å². The van der Waals surface area contributed by atoms with Gasteiger partial charge in [0.1, 0.15) is 10.9 Å². The Morgan fingerprint density at radius 2 is 1.91 bits per heavy atom. The number of ketones is 1. The minimum Gasteiger partial charge on any atom is -0.494 e. The Morgan fingerprint density at radius 1 is 1.18 bits per heavy atom. The van der Waals surface area contributed by atoms with Crippen molar-refractivity contribution in [1.82, 2.24) is 4.98 Å². The second-order valence-electron chi connectivity index (χ2n) is 4.30. The lowest BCUT2D eigenvalue weighted by molar-refractivity contribution is 0.0474. The number of aromatic nitrogens is 1. The molecule has 2 aromatic rings. The first kappa shape index (κ1) is 16.0. The first-order valence-electron chi connectivity index (χ1n) is 6.65. The van der Waals surface area contributed by atoms with E-state index in [0.29, 0.717) is 17.9 Å². The van der Waals surface area contributed by atoms with E-state index in [1.54, 1.807) is 30.3 Å². The van der Waals surface area contributed by atoms with Gasteiger partial charge in [-0.2, -0.15) is 0 Å². The molecule has 1 aromatic heterocycles. The molecule has 0 spiro atoms. The summed E-state index contributed by atoms with van der Waals surface area (Å²) in [4.78, 5) is 27.6. The van der Waals surface area contributed by atoms with Gasteiger partial charge in [-0.1, -0.05) is 11.6 Å². The molecule has 0 saturated carbocycles. The molecule has 1 heterocycles. The zero-order chi connectivity index (χ0) is 15.9. The zero-order valence-corrected chi connectivity index (χ0v) is 12.7. The maximum absolute atomic E-state index is 12.0. The van der Waals surface area contributed by atoms with Gasteiger partial charge in [-0.15, -0.1) is 0 Å². The number of esters is 1. The molecular formula is C16H14ClNO4. The molecule has 114 valence electrons. The van der Waals surface area contributed by atoms with E-state index in [9.17, 15) is 9.59 Å². The molecule has 0 saturated heterocycles. The topological polar surface area (TPSA) is 65.5 Å². The van der Waals surface area contributed by atoms with E-state index in [4.69, 9.17) is 21.1 Å². The van der Waals surface area contributed by atoms with Gasteiger partial charge in [-0.3, -0.25) is 4.79 Å². The summed E-state index contributed by atoms with van der Waals surface area (Å²) in [7, 11) is 0. The maximum atomic E-state index is 12.0. The van der Waals surface area contributed by atoms with Gasteiger partial charge in [0.25, 0.3) is 0 Å². The van der Waals surface area contributed by atoms with Crippen molar-refractivity contribution in [3.63, 3.8) is 0 Å². The van der Waals surface area contributed by atoms with Crippen LogP contribution in [0.3, 0.4) is 0 Å². The van der Waals surface area contributed by atoms with Gasteiger partial charge in [0, 0.05) is 11.8 Å². The smallest absolute Gasteiger partial charge is 0.341 e. The van der Waals surface area contributed by atoms with E-state index in [0.717, 1.165) is 0 Å². The Labute approximate surface area is 132 Å². The van der Waals surface area contributed by atoms with E-state index in [2.05, 4.69) is 4.98 Å². The summed E-state index contributed by atoms with van der Waals surface area (Å²) in [6.07, 6.45) is 1.46. The monoisotopic (exact) mass is 319 g/mol. The summed E-state index contributed by atoms with van der Waals surface area (Å²) >= 11 is 5.79. The highest BCUT2D eigenvalue weighted by molar-refractivity contribution is 6.32. The van der Waals surface area contributed by atoms with Gasteiger partial charge in [0.15, 0.2) is 12.4 Å². The lowest BCUT2D eigenvalue weighted by Crippen LogP contribution is -2.14. The van der Waals surface area contributed by atoms with Gasteiger partial charge in [-0.05, 0) is 43.3 Å². The number of nitrogens with zero attached hydrogens (tertiary/aromatic N) is 1. The van der Waals surface area contributed by atoms with Crippen LogP contribution in [-0.4, -0.2) is 30.0 Å². The highest BCUT2D eigenvalue weighted by Gasteiger charge is 2.15. The summed E-state index contributed by atoms with van der Waals surface area (Å²) in [6, 6.07) is 9.68. The van der Waals surface area contributed by atoms with E-state index < -0.39 is 5.97 Å². The van der Waals surface area contributed by atoms with Crippen molar-refractivity contribution in [2.24, 2.45) is 0 Å². The number of benzene rings is 1. The molecule has 0 atom stereocenters. The van der Waals surface area contributed by atoms with Crippen molar-refractivity contribution in [2.75, 3.05) is 13.2 Å². The SMILES string of the molecule is CCOc1ccc(C(=O)COC(=O)c2cccnc2Cl)cc1. The first-order chi connectivity index (χ1) is 10.6. The third-order valence-electron chi connectivity index (χ3n) is 2.80. The van der Waals surface area contributed by atoms with E-state index in [1.165, 1.54) is 12.3 Å². The van der Waals surface area contributed by atoms with Crippen LogP contribution < -0.4 is 4.74 Å². The summed E-state index contributed by atoms with van der Waals surface area (Å²) in [6.45, 7) is 2.07. The van der Waals surface area contributed by atoms with Crippen LogP contribution in [0.25, 0.3) is 0 Å². The maximum Gasteiger partial charge on any atom is 0.341 e. The van der Waals surface area contributed by atoms with Crippen LogP contribution in [0.5, 0.6) is 5.75 Å². The Balaban J connectivity index is 1.95. The van der Waals surface area contributed by atoms with E-state index in [1.807, 2.05) is 6.92 Å². The molecule has 1 aromatic carbocycles. The molecule has 5 nitrogen and oxygen atoms in total. The highest BCUT2D eigenvalue weighted by Crippen LogP contribution is 2.14. The third-order valence-corrected chi connectivity index (χ3v) is 3.10. The second kappa shape index (κ2) is 7.56. The normalized spacial score (nSPS) is 10.1. The first-order valence-corrected chi connectivity index (χ1v) is 7.03. The molecule has 0 N–H and O–H groups in total. The molecule has 0 unspecified atom stereocenters. The second-order valence-corrected chi connectivity index (χ2v) is 4.66. The number of carbonyl (C=O) groups excluding carboxylic acids is 2. The Morgan fingerprint density at radius 3 is 2.55 bits per heavy atom. The summed E-state index contributed by atoms with van der Waals surface area (Å²) in [5.41, 5.74) is 0.567. The van der Waals surface area contributed by atoms with Crippen molar-refractivity contribution < 1.29 is 19.1 Å². The quantitative estimate of drug-likeness (QED) is 0.465. The van der Waals surface area contributed by atoms with Crippen molar-refractivity contribution >= 4 is 23.4 Å². The number of carbonyl (C=O) groups is 2. The predicted octanol–water partition coefficient (Wildman–Crippen LogP) is 3.17. The van der Waals surface area contributed by atoms with Crippen LogP contribution in [0, 0.1) is 0 Å². The Hall–Kier alpha value is -2.40. The van der Waals surface area contributed by atoms with Gasteiger partial charge < -0.3 is 9.47 Å². The molecule has 0 fully saturated rings. The van der Waals surface area contributed by atoms with E-state index in [-0.39, 0.29) is 23.1 Å². The fraction of sp³-hybridized carbons (Fsp3) is 0.188. The molecule has 2 rings (SSSR count). The van der Waals surface area contributed by atoms with Gasteiger partial charge in [-0.25, -0.2) is 9.78 Å².